The highest BCUT2D eigenvalue weighted by molar-refractivity contribution is 6.33. The Bertz CT molecular complexity index is 379. The fourth-order valence-electron chi connectivity index (χ4n) is 1.46. The summed E-state index contributed by atoms with van der Waals surface area (Å²) in [5, 5.41) is 0.366. The number of alkyl halides is 3. The minimum atomic E-state index is -4.19. The zero-order chi connectivity index (χ0) is 13.1. The molecule has 0 fully saturated rings. The number of nitrogen functional groups attached to an aromatic ring is 1. The molecule has 17 heavy (non-hydrogen) atoms. The first-order chi connectivity index (χ1) is 7.81. The van der Waals surface area contributed by atoms with Gasteiger partial charge >= 0.3 is 6.18 Å². The first kappa shape index (κ1) is 14.1. The Morgan fingerprint density at radius 1 is 1.35 bits per heavy atom. The van der Waals surface area contributed by atoms with E-state index in [1.807, 2.05) is 0 Å². The molecule has 0 radical (unpaired) electrons. The van der Waals surface area contributed by atoms with Crippen LogP contribution in [0, 0.1) is 0 Å². The molecule has 0 saturated carbocycles. The number of halogens is 4. The van der Waals surface area contributed by atoms with Crippen LogP contribution in [0.2, 0.25) is 5.02 Å². The van der Waals surface area contributed by atoms with Crippen molar-refractivity contribution in [2.24, 2.45) is 0 Å². The Morgan fingerprint density at radius 2 is 2.00 bits per heavy atom. The molecular weight excluding hydrogens is 253 g/mol. The second-order valence-electron chi connectivity index (χ2n) is 3.77. The topological polar surface area (TPSA) is 29.3 Å². The van der Waals surface area contributed by atoms with Crippen LogP contribution in [0.15, 0.2) is 18.2 Å². The summed E-state index contributed by atoms with van der Waals surface area (Å²) in [5.41, 5.74) is 6.67. The van der Waals surface area contributed by atoms with Crippen LogP contribution >= 0.6 is 11.6 Å². The fourth-order valence-corrected chi connectivity index (χ4v) is 1.66. The molecule has 0 aliphatic heterocycles. The third-order valence-electron chi connectivity index (χ3n) is 2.32. The van der Waals surface area contributed by atoms with E-state index in [1.165, 1.54) is 4.90 Å². The van der Waals surface area contributed by atoms with Crippen LogP contribution in [0.5, 0.6) is 0 Å². The third kappa shape index (κ3) is 4.83. The van der Waals surface area contributed by atoms with Crippen LogP contribution in [-0.4, -0.2) is 24.2 Å². The molecule has 0 aromatic heterocycles. The van der Waals surface area contributed by atoms with Crippen LogP contribution in [-0.2, 0) is 6.54 Å². The van der Waals surface area contributed by atoms with Crippen molar-refractivity contribution in [2.75, 3.05) is 18.8 Å². The molecule has 96 valence electrons. The lowest BCUT2D eigenvalue weighted by molar-refractivity contribution is -0.146. The Morgan fingerprint density at radius 3 is 2.47 bits per heavy atom. The Kier molecular flexibility index (Phi) is 4.65. The molecule has 0 unspecified atom stereocenters. The monoisotopic (exact) mass is 266 g/mol. The predicted molar refractivity (Wildman–Crippen MR) is 62.9 cm³/mol. The SMILES string of the molecule is CCN(Cc1ccc(N)c(Cl)c1)CC(F)(F)F. The molecule has 0 amide bonds. The maximum atomic E-state index is 12.3. The van der Waals surface area contributed by atoms with Crippen molar-refractivity contribution in [3.05, 3.63) is 28.8 Å². The molecule has 2 N–H and O–H groups in total. The van der Waals surface area contributed by atoms with Crippen molar-refractivity contribution in [1.82, 2.24) is 4.90 Å². The maximum Gasteiger partial charge on any atom is 0.401 e. The van der Waals surface area contributed by atoms with Gasteiger partial charge in [0.25, 0.3) is 0 Å². The van der Waals surface area contributed by atoms with Crippen LogP contribution in [0.1, 0.15) is 12.5 Å². The maximum absolute atomic E-state index is 12.3. The summed E-state index contributed by atoms with van der Waals surface area (Å²) in [6.07, 6.45) is -4.19. The van der Waals surface area contributed by atoms with Crippen LogP contribution in [0.4, 0.5) is 18.9 Å². The molecule has 0 saturated heterocycles. The summed E-state index contributed by atoms with van der Waals surface area (Å²) in [5.74, 6) is 0. The molecule has 1 rings (SSSR count). The average molecular weight is 267 g/mol. The number of rotatable bonds is 4. The highest BCUT2D eigenvalue weighted by Crippen LogP contribution is 2.22. The normalized spacial score (nSPS) is 12.1. The Hall–Kier alpha value is -0.940. The highest BCUT2D eigenvalue weighted by Gasteiger charge is 2.29. The molecule has 0 atom stereocenters. The molecular formula is C11H14ClF3N2. The predicted octanol–water partition coefficient (Wildman–Crippen LogP) is 3.31. The molecule has 1 aromatic rings. The average Bonchev–Trinajstić information content (AvgIpc) is 2.20. The van der Waals surface area contributed by atoms with Gasteiger partial charge in [-0.25, -0.2) is 0 Å². The minimum absolute atomic E-state index is 0.204. The summed E-state index contributed by atoms with van der Waals surface area (Å²) in [6.45, 7) is 1.29. The van der Waals surface area contributed by atoms with E-state index in [4.69, 9.17) is 17.3 Å². The van der Waals surface area contributed by atoms with Crippen molar-refractivity contribution in [2.45, 2.75) is 19.6 Å². The largest absolute Gasteiger partial charge is 0.401 e. The van der Waals surface area contributed by atoms with Crippen molar-refractivity contribution >= 4 is 17.3 Å². The molecule has 2 nitrogen and oxygen atoms in total. The van der Waals surface area contributed by atoms with Gasteiger partial charge in [-0.2, -0.15) is 13.2 Å². The van der Waals surface area contributed by atoms with Gasteiger partial charge < -0.3 is 5.73 Å². The van der Waals surface area contributed by atoms with E-state index in [-0.39, 0.29) is 6.54 Å². The summed E-state index contributed by atoms with van der Waals surface area (Å²) in [6, 6.07) is 4.87. The minimum Gasteiger partial charge on any atom is -0.398 e. The van der Waals surface area contributed by atoms with Crippen LogP contribution < -0.4 is 5.73 Å². The van der Waals surface area contributed by atoms with E-state index in [0.717, 1.165) is 5.56 Å². The number of hydrogen-bond acceptors (Lipinski definition) is 2. The van der Waals surface area contributed by atoms with Crippen molar-refractivity contribution < 1.29 is 13.2 Å². The number of anilines is 1. The van der Waals surface area contributed by atoms with Gasteiger partial charge in [-0.15, -0.1) is 0 Å². The summed E-state index contributed by atoms with van der Waals surface area (Å²) < 4.78 is 36.8. The van der Waals surface area contributed by atoms with E-state index >= 15 is 0 Å². The summed E-state index contributed by atoms with van der Waals surface area (Å²) in [4.78, 5) is 1.29. The van der Waals surface area contributed by atoms with Crippen LogP contribution in [0.25, 0.3) is 0 Å². The first-order valence-corrected chi connectivity index (χ1v) is 5.52. The van der Waals surface area contributed by atoms with Gasteiger partial charge in [0, 0.05) is 6.54 Å². The molecule has 0 aliphatic rings. The molecule has 6 heteroatoms. The molecule has 0 heterocycles. The Labute approximate surface area is 103 Å². The van der Waals surface area contributed by atoms with Crippen LogP contribution in [0.3, 0.4) is 0 Å². The number of nitrogens with zero attached hydrogens (tertiary/aromatic N) is 1. The van der Waals surface area contributed by atoms with E-state index < -0.39 is 12.7 Å². The fraction of sp³-hybridized carbons (Fsp3) is 0.455. The van der Waals surface area contributed by atoms with E-state index in [1.54, 1.807) is 25.1 Å². The molecule has 1 aromatic carbocycles. The van der Waals surface area contributed by atoms with Gasteiger partial charge in [0.1, 0.15) is 0 Å². The lowest BCUT2D eigenvalue weighted by Crippen LogP contribution is -2.33. The number of benzene rings is 1. The van der Waals surface area contributed by atoms with Gasteiger partial charge in [0.05, 0.1) is 17.3 Å². The number of nitrogens with two attached hydrogens (primary N) is 1. The van der Waals surface area contributed by atoms with Gasteiger partial charge in [-0.3, -0.25) is 4.90 Å². The Balaban J connectivity index is 2.70. The van der Waals surface area contributed by atoms with E-state index in [2.05, 4.69) is 0 Å². The van der Waals surface area contributed by atoms with Gasteiger partial charge in [-0.1, -0.05) is 24.6 Å². The molecule has 0 aliphatic carbocycles. The van der Waals surface area contributed by atoms with Gasteiger partial charge in [-0.05, 0) is 24.2 Å². The summed E-state index contributed by atoms with van der Waals surface area (Å²) >= 11 is 5.81. The zero-order valence-electron chi connectivity index (χ0n) is 9.39. The quantitative estimate of drug-likeness (QED) is 0.847. The van der Waals surface area contributed by atoms with Crippen molar-refractivity contribution in [1.29, 1.82) is 0 Å². The van der Waals surface area contributed by atoms with Gasteiger partial charge in [0.15, 0.2) is 0 Å². The smallest absolute Gasteiger partial charge is 0.398 e. The lowest BCUT2D eigenvalue weighted by Gasteiger charge is -2.22. The van der Waals surface area contributed by atoms with E-state index in [0.29, 0.717) is 17.3 Å². The standard InChI is InChI=1S/C11H14ClF3N2/c1-2-17(7-11(13,14)15)6-8-3-4-10(16)9(12)5-8/h3-5H,2,6-7,16H2,1H3. The summed E-state index contributed by atoms with van der Waals surface area (Å²) in [7, 11) is 0. The molecule has 0 bridgehead atoms. The molecule has 0 spiro atoms. The van der Waals surface area contributed by atoms with Crippen molar-refractivity contribution in [3.8, 4) is 0 Å². The second-order valence-corrected chi connectivity index (χ2v) is 4.18. The van der Waals surface area contributed by atoms with E-state index in [9.17, 15) is 13.2 Å². The lowest BCUT2D eigenvalue weighted by atomic mass is 10.2. The first-order valence-electron chi connectivity index (χ1n) is 5.15. The van der Waals surface area contributed by atoms with Crippen molar-refractivity contribution in [3.63, 3.8) is 0 Å². The zero-order valence-corrected chi connectivity index (χ0v) is 10.1. The highest BCUT2D eigenvalue weighted by atomic mass is 35.5. The van der Waals surface area contributed by atoms with Gasteiger partial charge in [0.2, 0.25) is 0 Å². The third-order valence-corrected chi connectivity index (χ3v) is 2.65. The number of hydrogen-bond donors (Lipinski definition) is 1. The second kappa shape index (κ2) is 5.60.